The number of fused-ring (bicyclic) bond motifs is 3. The van der Waals surface area contributed by atoms with Crippen molar-refractivity contribution in [1.29, 1.82) is 0 Å². The summed E-state index contributed by atoms with van der Waals surface area (Å²) in [5, 5.41) is 2.80. The van der Waals surface area contributed by atoms with Gasteiger partial charge in [-0.1, -0.05) is 18.2 Å². The molecule has 0 radical (unpaired) electrons. The van der Waals surface area contributed by atoms with E-state index in [9.17, 15) is 35.2 Å². The molecule has 1 fully saturated rings. The summed E-state index contributed by atoms with van der Waals surface area (Å²) >= 11 is 0. The maximum absolute atomic E-state index is 14.8. The number of carbonyl (C=O) groups excluding carboxylic acids is 1. The van der Waals surface area contributed by atoms with Crippen LogP contribution >= 0.6 is 0 Å². The molecule has 206 valence electrons. The highest BCUT2D eigenvalue weighted by atomic mass is 32.2. The van der Waals surface area contributed by atoms with E-state index >= 15 is 0 Å². The van der Waals surface area contributed by atoms with Gasteiger partial charge in [0.15, 0.2) is 9.84 Å². The molecule has 4 atom stereocenters. The molecular formula is C28H25F5N2O3S. The Kier molecular flexibility index (Phi) is 6.56. The van der Waals surface area contributed by atoms with Crippen molar-refractivity contribution in [1.82, 2.24) is 4.98 Å². The maximum atomic E-state index is 14.8. The zero-order valence-corrected chi connectivity index (χ0v) is 21.6. The topological polar surface area (TPSA) is 76.1 Å². The second-order valence-electron chi connectivity index (χ2n) is 10.2. The Balaban J connectivity index is 1.64. The molecule has 2 aromatic carbocycles. The fraction of sp³-hybridized carbons (Fsp3) is 0.357. The first kappa shape index (κ1) is 27.2. The zero-order valence-electron chi connectivity index (χ0n) is 20.8. The number of amides is 1. The summed E-state index contributed by atoms with van der Waals surface area (Å²) in [6.07, 6.45) is -1.60. The second kappa shape index (κ2) is 9.39. The highest BCUT2D eigenvalue weighted by molar-refractivity contribution is 7.92. The van der Waals surface area contributed by atoms with Crippen LogP contribution in [0.3, 0.4) is 0 Å². The number of hydrogen-bond acceptors (Lipinski definition) is 4. The van der Waals surface area contributed by atoms with E-state index in [4.69, 9.17) is 0 Å². The Morgan fingerprint density at radius 1 is 1.00 bits per heavy atom. The van der Waals surface area contributed by atoms with Crippen LogP contribution in [0.25, 0.3) is 0 Å². The molecular weight excluding hydrogens is 539 g/mol. The van der Waals surface area contributed by atoms with Crippen LogP contribution < -0.4 is 5.32 Å². The van der Waals surface area contributed by atoms with Gasteiger partial charge in [-0.15, -0.1) is 0 Å². The number of hydrogen-bond donors (Lipinski definition) is 1. The number of sulfone groups is 1. The van der Waals surface area contributed by atoms with Crippen molar-refractivity contribution in [3.63, 3.8) is 0 Å². The predicted octanol–water partition coefficient (Wildman–Crippen LogP) is 6.25. The summed E-state index contributed by atoms with van der Waals surface area (Å²) in [4.78, 5) is 17.1. The van der Waals surface area contributed by atoms with Crippen LogP contribution in [0.1, 0.15) is 42.9 Å². The molecule has 1 unspecified atom stereocenters. The number of alkyl halides is 4. The Morgan fingerprint density at radius 3 is 2.31 bits per heavy atom. The Bertz CT molecular complexity index is 1510. The molecule has 2 aliphatic carbocycles. The van der Waals surface area contributed by atoms with Crippen molar-refractivity contribution in [2.45, 2.75) is 54.1 Å². The van der Waals surface area contributed by atoms with E-state index in [2.05, 4.69) is 10.3 Å². The molecule has 5 rings (SSSR count). The molecule has 3 aromatic rings. The Hall–Kier alpha value is -3.34. The lowest BCUT2D eigenvalue weighted by molar-refractivity contribution is -0.228. The minimum atomic E-state index is -5.17. The standard InChI is InChI=1S/C28H25F5N2O3S/c1-26(30,28(31,32)33)18-3-9-23-17(16-18)2-8-24-22(25(36)35-20-11-14-34-15-12-20)10-13-27(23,24)39(37,38)21-6-4-19(29)5-7-21/h3-7,9,11-12,14-16,22,24H,2,8,10,13H2,1H3,(H,34,35,36)/t22-,24-,26?,27+/m1/s1. The van der Waals surface area contributed by atoms with Crippen LogP contribution in [0.2, 0.25) is 0 Å². The molecule has 1 amide bonds. The third-order valence-electron chi connectivity index (χ3n) is 8.16. The van der Waals surface area contributed by atoms with Gasteiger partial charge in [0.1, 0.15) is 10.6 Å². The van der Waals surface area contributed by atoms with Gasteiger partial charge in [0.25, 0.3) is 0 Å². The average molecular weight is 565 g/mol. The molecule has 1 saturated carbocycles. The summed E-state index contributed by atoms with van der Waals surface area (Å²) in [6.45, 7) is 0.431. The number of rotatable bonds is 5. The monoisotopic (exact) mass is 564 g/mol. The van der Waals surface area contributed by atoms with Crippen molar-refractivity contribution < 1.29 is 35.2 Å². The van der Waals surface area contributed by atoms with Gasteiger partial charge in [0.2, 0.25) is 11.6 Å². The lowest BCUT2D eigenvalue weighted by atomic mass is 9.72. The fourth-order valence-electron chi connectivity index (χ4n) is 6.12. The summed E-state index contributed by atoms with van der Waals surface area (Å²) in [7, 11) is -4.28. The lowest BCUT2D eigenvalue weighted by Crippen LogP contribution is -2.46. The van der Waals surface area contributed by atoms with Crippen LogP contribution in [-0.4, -0.2) is 25.5 Å². The van der Waals surface area contributed by atoms with Gasteiger partial charge >= 0.3 is 6.18 Å². The number of anilines is 1. The van der Waals surface area contributed by atoms with Crippen LogP contribution in [0, 0.1) is 17.7 Å². The van der Waals surface area contributed by atoms with Crippen molar-refractivity contribution >= 4 is 21.4 Å². The SMILES string of the molecule is CC(F)(c1ccc2c(c1)CC[C@@H]1[C@H](C(=O)Nc3ccncc3)CC[C@]21S(=O)(=O)c1ccc(F)cc1)C(F)(F)F. The maximum Gasteiger partial charge on any atom is 0.426 e. The van der Waals surface area contributed by atoms with E-state index < -0.39 is 49.6 Å². The van der Waals surface area contributed by atoms with Crippen LogP contribution in [0.5, 0.6) is 0 Å². The number of halogens is 5. The van der Waals surface area contributed by atoms with Gasteiger partial charge in [0.05, 0.1) is 4.90 Å². The van der Waals surface area contributed by atoms with Gasteiger partial charge in [-0.3, -0.25) is 9.78 Å². The number of aromatic nitrogens is 1. The van der Waals surface area contributed by atoms with Crippen LogP contribution in [0.15, 0.2) is 71.9 Å². The minimum absolute atomic E-state index is 0.0182. The van der Waals surface area contributed by atoms with Gasteiger partial charge in [-0.25, -0.2) is 17.2 Å². The molecule has 0 bridgehead atoms. The summed E-state index contributed by atoms with van der Waals surface area (Å²) in [5.74, 6) is -2.45. The van der Waals surface area contributed by atoms with Gasteiger partial charge < -0.3 is 5.32 Å². The quantitative estimate of drug-likeness (QED) is 0.294. The van der Waals surface area contributed by atoms with E-state index in [1.165, 1.54) is 18.5 Å². The number of nitrogens with one attached hydrogen (secondary N) is 1. The molecule has 1 N–H and O–H groups in total. The van der Waals surface area contributed by atoms with Crippen molar-refractivity contribution in [2.75, 3.05) is 5.32 Å². The van der Waals surface area contributed by atoms with Crippen LogP contribution in [0.4, 0.5) is 27.6 Å². The second-order valence-corrected chi connectivity index (χ2v) is 12.4. The molecule has 0 spiro atoms. The minimum Gasteiger partial charge on any atom is -0.326 e. The van der Waals surface area contributed by atoms with E-state index in [1.807, 2.05) is 0 Å². The Labute approximate surface area is 222 Å². The highest BCUT2D eigenvalue weighted by Gasteiger charge is 2.62. The third-order valence-corrected chi connectivity index (χ3v) is 10.7. The van der Waals surface area contributed by atoms with E-state index in [1.54, 1.807) is 12.1 Å². The number of carbonyl (C=O) groups is 1. The summed E-state index contributed by atoms with van der Waals surface area (Å²) in [5.41, 5.74) is -3.22. The van der Waals surface area contributed by atoms with E-state index in [0.717, 1.165) is 36.4 Å². The number of benzene rings is 2. The first-order chi connectivity index (χ1) is 18.3. The van der Waals surface area contributed by atoms with Crippen LogP contribution in [-0.2, 0) is 31.5 Å². The first-order valence-corrected chi connectivity index (χ1v) is 13.9. The highest BCUT2D eigenvalue weighted by Crippen LogP contribution is 2.59. The molecule has 2 aliphatic rings. The first-order valence-electron chi connectivity index (χ1n) is 12.4. The predicted molar refractivity (Wildman–Crippen MR) is 134 cm³/mol. The van der Waals surface area contributed by atoms with Crippen molar-refractivity contribution in [3.8, 4) is 0 Å². The number of pyridine rings is 1. The molecule has 11 heteroatoms. The normalized spacial score (nSPS) is 24.4. The zero-order chi connectivity index (χ0) is 28.2. The molecule has 1 heterocycles. The van der Waals surface area contributed by atoms with Crippen molar-refractivity contribution in [3.05, 3.63) is 89.5 Å². The smallest absolute Gasteiger partial charge is 0.326 e. The number of aryl methyl sites for hydroxylation is 1. The molecule has 1 aromatic heterocycles. The largest absolute Gasteiger partial charge is 0.426 e. The van der Waals surface area contributed by atoms with E-state index in [-0.39, 0.29) is 47.6 Å². The van der Waals surface area contributed by atoms with Gasteiger partial charge in [-0.05, 0) is 91.6 Å². The third kappa shape index (κ3) is 4.31. The Morgan fingerprint density at radius 2 is 1.67 bits per heavy atom. The molecule has 5 nitrogen and oxygen atoms in total. The average Bonchev–Trinajstić information content (AvgIpc) is 3.30. The summed E-state index contributed by atoms with van der Waals surface area (Å²) < 4.78 is 95.8. The number of nitrogens with zero attached hydrogens (tertiary/aromatic N) is 1. The lowest BCUT2D eigenvalue weighted by Gasteiger charge is -2.42. The molecule has 0 saturated heterocycles. The fourth-order valence-corrected chi connectivity index (χ4v) is 8.59. The molecule has 39 heavy (non-hydrogen) atoms. The van der Waals surface area contributed by atoms with E-state index in [0.29, 0.717) is 12.6 Å². The van der Waals surface area contributed by atoms with Crippen molar-refractivity contribution in [2.24, 2.45) is 11.8 Å². The van der Waals surface area contributed by atoms with Gasteiger partial charge in [-0.2, -0.15) is 13.2 Å². The molecule has 0 aliphatic heterocycles. The van der Waals surface area contributed by atoms with Gasteiger partial charge in [0, 0.05) is 24.0 Å². The summed E-state index contributed by atoms with van der Waals surface area (Å²) in [6, 6.07) is 10.8.